The van der Waals surface area contributed by atoms with Crippen molar-refractivity contribution in [1.29, 1.82) is 0 Å². The van der Waals surface area contributed by atoms with Gasteiger partial charge in [0.1, 0.15) is 5.82 Å². The van der Waals surface area contributed by atoms with Crippen molar-refractivity contribution in [3.63, 3.8) is 0 Å². The van der Waals surface area contributed by atoms with E-state index in [1.807, 2.05) is 30.3 Å². The summed E-state index contributed by atoms with van der Waals surface area (Å²) in [5, 5.41) is 5.93. The van der Waals surface area contributed by atoms with Crippen molar-refractivity contribution in [2.75, 3.05) is 18.5 Å². The lowest BCUT2D eigenvalue weighted by molar-refractivity contribution is -0.128. The van der Waals surface area contributed by atoms with E-state index in [9.17, 15) is 9.18 Å². The summed E-state index contributed by atoms with van der Waals surface area (Å²) >= 11 is 0. The number of halogens is 2. The minimum atomic E-state index is -0.688. The first-order chi connectivity index (χ1) is 11.7. The fourth-order valence-electron chi connectivity index (χ4n) is 3.44. The van der Waals surface area contributed by atoms with Gasteiger partial charge in [-0.1, -0.05) is 30.3 Å². The molecule has 4 nitrogen and oxygen atoms in total. The molecule has 1 amide bonds. The lowest BCUT2D eigenvalue weighted by Crippen LogP contribution is -2.29. The number of fused-ring (bicyclic) bond motifs is 2. The number of carbonyl (C=O) groups excluding carboxylic acids is 1. The molecule has 2 heterocycles. The van der Waals surface area contributed by atoms with Gasteiger partial charge in [0.25, 0.3) is 5.91 Å². The van der Waals surface area contributed by atoms with E-state index in [4.69, 9.17) is 4.74 Å². The number of hydrogen-bond donors (Lipinski definition) is 2. The van der Waals surface area contributed by atoms with Gasteiger partial charge in [-0.2, -0.15) is 0 Å². The van der Waals surface area contributed by atoms with Gasteiger partial charge in [0.15, 0.2) is 6.10 Å². The zero-order valence-corrected chi connectivity index (χ0v) is 14.5. The first kappa shape index (κ1) is 17.9. The SMILES string of the molecule is Cl.O=C(Nc1ccc2c(c1F)CCNC2)C1OCCc2ccccc21. The van der Waals surface area contributed by atoms with Crippen LogP contribution in [0.2, 0.25) is 0 Å². The molecule has 0 saturated carbocycles. The van der Waals surface area contributed by atoms with E-state index in [1.165, 1.54) is 0 Å². The van der Waals surface area contributed by atoms with Gasteiger partial charge in [0.2, 0.25) is 0 Å². The van der Waals surface area contributed by atoms with Crippen LogP contribution >= 0.6 is 12.4 Å². The first-order valence-electron chi connectivity index (χ1n) is 8.25. The molecule has 0 saturated heterocycles. The molecule has 4 rings (SSSR count). The zero-order valence-electron chi connectivity index (χ0n) is 13.7. The van der Waals surface area contributed by atoms with Crippen LogP contribution in [-0.4, -0.2) is 19.1 Å². The number of anilines is 1. The molecule has 1 unspecified atom stereocenters. The van der Waals surface area contributed by atoms with Crippen LogP contribution in [0.1, 0.15) is 28.4 Å². The molecule has 1 atom stereocenters. The van der Waals surface area contributed by atoms with E-state index < -0.39 is 6.10 Å². The summed E-state index contributed by atoms with van der Waals surface area (Å²) in [6.07, 6.45) is 0.736. The fraction of sp³-hybridized carbons (Fsp3) is 0.316. The van der Waals surface area contributed by atoms with Crippen LogP contribution in [-0.2, 0) is 28.9 Å². The lowest BCUT2D eigenvalue weighted by atomic mass is 9.96. The van der Waals surface area contributed by atoms with Crippen LogP contribution < -0.4 is 10.6 Å². The summed E-state index contributed by atoms with van der Waals surface area (Å²) in [5.74, 6) is -0.652. The number of rotatable bonds is 2. The molecule has 132 valence electrons. The Morgan fingerprint density at radius 2 is 2.00 bits per heavy atom. The Morgan fingerprint density at radius 1 is 1.16 bits per heavy atom. The van der Waals surface area contributed by atoms with Gasteiger partial charge in [0, 0.05) is 6.54 Å². The number of amides is 1. The average molecular weight is 363 g/mol. The van der Waals surface area contributed by atoms with Gasteiger partial charge in [-0.05, 0) is 47.7 Å². The van der Waals surface area contributed by atoms with Crippen LogP contribution in [0.5, 0.6) is 0 Å². The highest BCUT2D eigenvalue weighted by Gasteiger charge is 2.28. The third-order valence-corrected chi connectivity index (χ3v) is 4.70. The van der Waals surface area contributed by atoms with Gasteiger partial charge in [-0.3, -0.25) is 4.79 Å². The van der Waals surface area contributed by atoms with Gasteiger partial charge in [-0.15, -0.1) is 12.4 Å². The number of hydrogen-bond acceptors (Lipinski definition) is 3. The third kappa shape index (κ3) is 3.40. The van der Waals surface area contributed by atoms with E-state index >= 15 is 0 Å². The maximum Gasteiger partial charge on any atom is 0.258 e. The molecule has 25 heavy (non-hydrogen) atoms. The number of nitrogens with one attached hydrogen (secondary N) is 2. The molecule has 0 aromatic heterocycles. The summed E-state index contributed by atoms with van der Waals surface area (Å²) in [4.78, 5) is 12.6. The Labute approximate surface area is 152 Å². The van der Waals surface area contributed by atoms with Crippen LogP contribution in [0.25, 0.3) is 0 Å². The normalized spacial score (nSPS) is 18.5. The summed E-state index contributed by atoms with van der Waals surface area (Å²) in [6.45, 7) is 1.91. The highest BCUT2D eigenvalue weighted by atomic mass is 35.5. The highest BCUT2D eigenvalue weighted by molar-refractivity contribution is 5.95. The molecule has 2 aromatic carbocycles. The monoisotopic (exact) mass is 362 g/mol. The van der Waals surface area contributed by atoms with Gasteiger partial charge in [-0.25, -0.2) is 4.39 Å². The Kier molecular flexibility index (Phi) is 5.37. The number of ether oxygens (including phenoxy) is 1. The van der Waals surface area contributed by atoms with Crippen molar-refractivity contribution >= 4 is 24.0 Å². The Hall–Kier alpha value is -1.95. The molecule has 6 heteroatoms. The van der Waals surface area contributed by atoms with Crippen LogP contribution in [0.4, 0.5) is 10.1 Å². The average Bonchev–Trinajstić information content (AvgIpc) is 2.63. The fourth-order valence-corrected chi connectivity index (χ4v) is 3.44. The molecule has 0 aliphatic carbocycles. The topological polar surface area (TPSA) is 50.4 Å². The Morgan fingerprint density at radius 3 is 2.88 bits per heavy atom. The standard InChI is InChI=1S/C19H19FN2O2.ClH/c20-17-14-7-9-21-11-13(14)5-6-16(17)22-19(23)18-15-4-2-1-3-12(15)8-10-24-18;/h1-6,18,21H,7-11H2,(H,22,23);1H. The molecule has 2 N–H and O–H groups in total. The Bertz CT molecular complexity index is 797. The molecule has 2 aliphatic rings. The van der Waals surface area contributed by atoms with Crippen LogP contribution in [0, 0.1) is 5.82 Å². The maximum atomic E-state index is 14.7. The molecular formula is C19H20ClFN2O2. The second kappa shape index (κ2) is 7.52. The van der Waals surface area contributed by atoms with E-state index in [2.05, 4.69) is 10.6 Å². The van der Waals surface area contributed by atoms with Crippen molar-refractivity contribution in [3.8, 4) is 0 Å². The Balaban J connectivity index is 0.00000182. The summed E-state index contributed by atoms with van der Waals surface area (Å²) < 4.78 is 20.3. The second-order valence-electron chi connectivity index (χ2n) is 6.18. The predicted molar refractivity (Wildman–Crippen MR) is 96.5 cm³/mol. The maximum absolute atomic E-state index is 14.7. The largest absolute Gasteiger partial charge is 0.363 e. The molecule has 2 aromatic rings. The molecule has 0 bridgehead atoms. The van der Waals surface area contributed by atoms with Crippen LogP contribution in [0.15, 0.2) is 36.4 Å². The van der Waals surface area contributed by atoms with Gasteiger partial charge < -0.3 is 15.4 Å². The van der Waals surface area contributed by atoms with Crippen molar-refractivity contribution < 1.29 is 13.9 Å². The third-order valence-electron chi connectivity index (χ3n) is 4.70. The predicted octanol–water partition coefficient (Wildman–Crippen LogP) is 3.15. The molecule has 2 aliphatic heterocycles. The number of benzene rings is 2. The molecule has 0 fully saturated rings. The van der Waals surface area contributed by atoms with E-state index in [0.29, 0.717) is 25.1 Å². The highest BCUT2D eigenvalue weighted by Crippen LogP contribution is 2.30. The lowest BCUT2D eigenvalue weighted by Gasteiger charge is -2.25. The molecular weight excluding hydrogens is 343 g/mol. The summed E-state index contributed by atoms with van der Waals surface area (Å²) in [7, 11) is 0. The van der Waals surface area contributed by atoms with Gasteiger partial charge >= 0.3 is 0 Å². The van der Waals surface area contributed by atoms with Crippen molar-refractivity contribution in [2.45, 2.75) is 25.5 Å². The van der Waals surface area contributed by atoms with E-state index in [0.717, 1.165) is 29.7 Å². The minimum absolute atomic E-state index is 0. The van der Waals surface area contributed by atoms with Crippen molar-refractivity contribution in [2.24, 2.45) is 0 Å². The quantitative estimate of drug-likeness (QED) is 0.863. The van der Waals surface area contributed by atoms with Crippen LogP contribution in [0.3, 0.4) is 0 Å². The van der Waals surface area contributed by atoms with Crippen molar-refractivity contribution in [3.05, 3.63) is 64.5 Å². The minimum Gasteiger partial charge on any atom is -0.363 e. The summed E-state index contributed by atoms with van der Waals surface area (Å²) in [6, 6.07) is 11.2. The molecule has 0 spiro atoms. The summed E-state index contributed by atoms with van der Waals surface area (Å²) in [5.41, 5.74) is 3.85. The molecule has 0 radical (unpaired) electrons. The zero-order chi connectivity index (χ0) is 16.5. The number of carbonyl (C=O) groups is 1. The second-order valence-corrected chi connectivity index (χ2v) is 6.18. The van der Waals surface area contributed by atoms with Crippen molar-refractivity contribution in [1.82, 2.24) is 5.32 Å². The smallest absolute Gasteiger partial charge is 0.258 e. The van der Waals surface area contributed by atoms with E-state index in [1.54, 1.807) is 6.07 Å². The van der Waals surface area contributed by atoms with Gasteiger partial charge in [0.05, 0.1) is 12.3 Å². The van der Waals surface area contributed by atoms with E-state index in [-0.39, 0.29) is 29.8 Å². The first-order valence-corrected chi connectivity index (χ1v) is 8.25.